The highest BCUT2D eigenvalue weighted by Crippen LogP contribution is 2.31. The molecule has 0 fully saturated rings. The lowest BCUT2D eigenvalue weighted by molar-refractivity contribution is -0.121. The molecule has 0 atom stereocenters. The Morgan fingerprint density at radius 3 is 2.70 bits per heavy atom. The van der Waals surface area contributed by atoms with Gasteiger partial charge in [-0.1, -0.05) is 12.1 Å². The maximum Gasteiger partial charge on any atom is 0.265 e. The SMILES string of the molecule is O=C(CCN1C(=O)COc2ccccc21)Nc1ccc(I)cc1. The van der Waals surface area contributed by atoms with E-state index in [4.69, 9.17) is 4.74 Å². The van der Waals surface area contributed by atoms with E-state index in [0.717, 1.165) is 9.26 Å². The zero-order valence-electron chi connectivity index (χ0n) is 12.3. The van der Waals surface area contributed by atoms with Crippen molar-refractivity contribution in [2.24, 2.45) is 0 Å². The van der Waals surface area contributed by atoms with Crippen molar-refractivity contribution in [3.8, 4) is 5.75 Å². The summed E-state index contributed by atoms with van der Waals surface area (Å²) in [6, 6.07) is 14.9. The number of halogens is 1. The number of nitrogens with zero attached hydrogens (tertiary/aromatic N) is 1. The first-order chi connectivity index (χ1) is 11.1. The van der Waals surface area contributed by atoms with Gasteiger partial charge in [0.1, 0.15) is 5.75 Å². The number of fused-ring (bicyclic) bond motifs is 1. The van der Waals surface area contributed by atoms with E-state index in [1.165, 1.54) is 0 Å². The molecule has 1 aliphatic heterocycles. The molecule has 2 amide bonds. The van der Waals surface area contributed by atoms with E-state index in [1.54, 1.807) is 4.90 Å². The summed E-state index contributed by atoms with van der Waals surface area (Å²) in [5.41, 5.74) is 1.47. The average molecular weight is 422 g/mol. The molecule has 0 saturated carbocycles. The number of amides is 2. The third-order valence-electron chi connectivity index (χ3n) is 3.50. The summed E-state index contributed by atoms with van der Waals surface area (Å²) in [7, 11) is 0. The summed E-state index contributed by atoms with van der Waals surface area (Å²) in [5.74, 6) is 0.416. The molecule has 2 aromatic rings. The van der Waals surface area contributed by atoms with Gasteiger partial charge in [-0.15, -0.1) is 0 Å². The molecule has 0 unspecified atom stereocenters. The number of nitrogens with one attached hydrogen (secondary N) is 1. The number of hydrogen-bond acceptors (Lipinski definition) is 3. The minimum atomic E-state index is -0.134. The minimum Gasteiger partial charge on any atom is -0.482 e. The molecule has 118 valence electrons. The zero-order chi connectivity index (χ0) is 16.2. The van der Waals surface area contributed by atoms with Crippen molar-refractivity contribution in [3.05, 3.63) is 52.1 Å². The predicted molar refractivity (Wildman–Crippen MR) is 96.7 cm³/mol. The lowest BCUT2D eigenvalue weighted by atomic mass is 10.2. The molecular weight excluding hydrogens is 407 g/mol. The van der Waals surface area contributed by atoms with Crippen LogP contribution in [0.3, 0.4) is 0 Å². The quantitative estimate of drug-likeness (QED) is 0.771. The largest absolute Gasteiger partial charge is 0.482 e. The molecule has 1 N–H and O–H groups in total. The minimum absolute atomic E-state index is 0.00968. The van der Waals surface area contributed by atoms with E-state index >= 15 is 0 Å². The third kappa shape index (κ3) is 3.82. The summed E-state index contributed by atoms with van der Waals surface area (Å²) in [6.45, 7) is 0.338. The molecule has 5 nitrogen and oxygen atoms in total. The van der Waals surface area contributed by atoms with E-state index in [9.17, 15) is 9.59 Å². The van der Waals surface area contributed by atoms with Crippen LogP contribution in [0.4, 0.5) is 11.4 Å². The van der Waals surface area contributed by atoms with E-state index in [-0.39, 0.29) is 24.8 Å². The molecule has 2 aromatic carbocycles. The molecular formula is C17H15IN2O3. The van der Waals surface area contributed by atoms with Crippen LogP contribution in [0.2, 0.25) is 0 Å². The first-order valence-corrected chi connectivity index (χ1v) is 8.29. The van der Waals surface area contributed by atoms with Crippen molar-refractivity contribution in [2.75, 3.05) is 23.4 Å². The maximum absolute atomic E-state index is 12.1. The summed E-state index contributed by atoms with van der Waals surface area (Å²) in [4.78, 5) is 25.7. The number of anilines is 2. The van der Waals surface area contributed by atoms with Gasteiger partial charge in [-0.3, -0.25) is 9.59 Å². The molecule has 0 spiro atoms. The van der Waals surface area contributed by atoms with Gasteiger partial charge in [-0.25, -0.2) is 0 Å². The number of carbonyl (C=O) groups excluding carboxylic acids is 2. The first-order valence-electron chi connectivity index (χ1n) is 7.21. The van der Waals surface area contributed by atoms with Gasteiger partial charge in [0, 0.05) is 22.2 Å². The summed E-state index contributed by atoms with van der Waals surface area (Å²) in [6.07, 6.45) is 0.228. The van der Waals surface area contributed by atoms with Crippen molar-refractivity contribution >= 4 is 45.8 Å². The Morgan fingerprint density at radius 2 is 1.91 bits per heavy atom. The maximum atomic E-state index is 12.1. The van der Waals surface area contributed by atoms with Gasteiger partial charge in [-0.2, -0.15) is 0 Å². The van der Waals surface area contributed by atoms with Crippen LogP contribution in [0.25, 0.3) is 0 Å². The van der Waals surface area contributed by atoms with Gasteiger partial charge in [0.25, 0.3) is 5.91 Å². The van der Waals surface area contributed by atoms with E-state index in [1.807, 2.05) is 48.5 Å². The zero-order valence-corrected chi connectivity index (χ0v) is 14.4. The molecule has 0 saturated heterocycles. The van der Waals surface area contributed by atoms with Crippen LogP contribution in [-0.4, -0.2) is 25.0 Å². The Kier molecular flexibility index (Phi) is 4.80. The number of para-hydroxylation sites is 2. The number of benzene rings is 2. The van der Waals surface area contributed by atoms with Crippen LogP contribution in [0.1, 0.15) is 6.42 Å². The average Bonchev–Trinajstić information content (AvgIpc) is 2.56. The molecule has 3 rings (SSSR count). The molecule has 0 radical (unpaired) electrons. The van der Waals surface area contributed by atoms with Crippen LogP contribution < -0.4 is 15.0 Å². The van der Waals surface area contributed by atoms with Gasteiger partial charge >= 0.3 is 0 Å². The van der Waals surface area contributed by atoms with Crippen LogP contribution in [0, 0.1) is 3.57 Å². The fourth-order valence-electron chi connectivity index (χ4n) is 2.37. The van der Waals surface area contributed by atoms with Crippen LogP contribution in [-0.2, 0) is 9.59 Å². The molecule has 0 aromatic heterocycles. The van der Waals surface area contributed by atoms with Crippen molar-refractivity contribution in [2.45, 2.75) is 6.42 Å². The highest BCUT2D eigenvalue weighted by atomic mass is 127. The van der Waals surface area contributed by atoms with Gasteiger partial charge in [0.15, 0.2) is 6.61 Å². The van der Waals surface area contributed by atoms with Crippen LogP contribution >= 0.6 is 22.6 Å². The van der Waals surface area contributed by atoms with Crippen molar-refractivity contribution in [1.29, 1.82) is 0 Å². The second-order valence-electron chi connectivity index (χ2n) is 5.11. The molecule has 6 heteroatoms. The molecule has 0 aliphatic carbocycles. The Balaban J connectivity index is 1.62. The normalized spacial score (nSPS) is 13.3. The monoisotopic (exact) mass is 422 g/mol. The second kappa shape index (κ2) is 6.99. The Hall–Kier alpha value is -2.09. The fourth-order valence-corrected chi connectivity index (χ4v) is 2.73. The number of ether oxygens (including phenoxy) is 1. The summed E-state index contributed by atoms with van der Waals surface area (Å²) >= 11 is 2.21. The van der Waals surface area contributed by atoms with Gasteiger partial charge in [0.05, 0.1) is 5.69 Å². The first kappa shape index (κ1) is 15.8. The summed E-state index contributed by atoms with van der Waals surface area (Å²) < 4.78 is 6.49. The Bertz CT molecular complexity index is 731. The topological polar surface area (TPSA) is 58.6 Å². The van der Waals surface area contributed by atoms with Gasteiger partial charge in [-0.05, 0) is 59.0 Å². The van der Waals surface area contributed by atoms with Gasteiger partial charge in [0.2, 0.25) is 5.91 Å². The Morgan fingerprint density at radius 1 is 1.17 bits per heavy atom. The lowest BCUT2D eigenvalue weighted by Crippen LogP contribution is -2.40. The predicted octanol–water partition coefficient (Wildman–Crippen LogP) is 3.05. The second-order valence-corrected chi connectivity index (χ2v) is 6.35. The van der Waals surface area contributed by atoms with Crippen molar-refractivity contribution < 1.29 is 14.3 Å². The summed E-state index contributed by atoms with van der Waals surface area (Å²) in [5, 5.41) is 2.84. The number of rotatable bonds is 4. The van der Waals surface area contributed by atoms with E-state index < -0.39 is 0 Å². The Labute approximate surface area is 147 Å². The highest BCUT2D eigenvalue weighted by molar-refractivity contribution is 14.1. The lowest BCUT2D eigenvalue weighted by Gasteiger charge is -2.29. The third-order valence-corrected chi connectivity index (χ3v) is 4.22. The van der Waals surface area contributed by atoms with Crippen LogP contribution in [0.15, 0.2) is 48.5 Å². The molecule has 23 heavy (non-hydrogen) atoms. The molecule has 1 heterocycles. The molecule has 0 bridgehead atoms. The number of carbonyl (C=O) groups is 2. The van der Waals surface area contributed by atoms with E-state index in [0.29, 0.717) is 18.0 Å². The smallest absolute Gasteiger partial charge is 0.265 e. The van der Waals surface area contributed by atoms with Crippen LogP contribution in [0.5, 0.6) is 5.75 Å². The molecule has 1 aliphatic rings. The standard InChI is InChI=1S/C17H15IN2O3/c18-12-5-7-13(8-6-12)19-16(21)9-10-20-14-3-1-2-4-15(14)23-11-17(20)22/h1-8H,9-11H2,(H,19,21). The van der Waals surface area contributed by atoms with Crippen molar-refractivity contribution in [1.82, 2.24) is 0 Å². The highest BCUT2D eigenvalue weighted by Gasteiger charge is 2.25. The number of hydrogen-bond donors (Lipinski definition) is 1. The van der Waals surface area contributed by atoms with E-state index in [2.05, 4.69) is 27.9 Å². The van der Waals surface area contributed by atoms with Gasteiger partial charge < -0.3 is 15.0 Å². The fraction of sp³-hybridized carbons (Fsp3) is 0.176. The van der Waals surface area contributed by atoms with Crippen molar-refractivity contribution in [3.63, 3.8) is 0 Å².